The number of benzene rings is 2. The summed E-state index contributed by atoms with van der Waals surface area (Å²) >= 11 is 0. The minimum absolute atomic E-state index is 0.0279. The highest BCUT2D eigenvalue weighted by molar-refractivity contribution is 5.93. The van der Waals surface area contributed by atoms with E-state index in [2.05, 4.69) is 5.32 Å². The maximum atomic E-state index is 12.5. The maximum Gasteiger partial charge on any atom is 0.229 e. The van der Waals surface area contributed by atoms with Crippen LogP contribution in [-0.2, 0) is 9.59 Å². The van der Waals surface area contributed by atoms with Crippen molar-refractivity contribution < 1.29 is 14.3 Å². The largest absolute Gasteiger partial charge is 0.457 e. The summed E-state index contributed by atoms with van der Waals surface area (Å²) in [5, 5.41) is 2.94. The Morgan fingerprint density at radius 1 is 1.04 bits per heavy atom. The third-order valence-corrected chi connectivity index (χ3v) is 4.62. The second-order valence-electron chi connectivity index (χ2n) is 6.73. The van der Waals surface area contributed by atoms with Gasteiger partial charge >= 0.3 is 0 Å². The average molecular weight is 352 g/mol. The van der Waals surface area contributed by atoms with E-state index in [9.17, 15) is 9.59 Å². The lowest BCUT2D eigenvalue weighted by Crippen LogP contribution is -2.42. The van der Waals surface area contributed by atoms with Crippen molar-refractivity contribution in [2.45, 2.75) is 26.7 Å². The summed E-state index contributed by atoms with van der Waals surface area (Å²) in [4.78, 5) is 25.7. The number of nitrogens with one attached hydrogen (secondary N) is 1. The highest BCUT2D eigenvalue weighted by Gasteiger charge is 2.26. The molecule has 5 nitrogen and oxygen atoms in total. The van der Waals surface area contributed by atoms with Crippen molar-refractivity contribution in [3.8, 4) is 11.5 Å². The number of anilines is 1. The second kappa shape index (κ2) is 8.04. The van der Waals surface area contributed by atoms with E-state index < -0.39 is 0 Å². The molecule has 1 aliphatic heterocycles. The molecule has 0 bridgehead atoms. The van der Waals surface area contributed by atoms with Gasteiger partial charge in [0.05, 0.1) is 5.92 Å². The molecule has 5 heteroatoms. The summed E-state index contributed by atoms with van der Waals surface area (Å²) in [5.74, 6) is 1.32. The molecule has 1 saturated heterocycles. The summed E-state index contributed by atoms with van der Waals surface area (Å²) < 4.78 is 5.79. The zero-order chi connectivity index (χ0) is 18.5. The summed E-state index contributed by atoms with van der Waals surface area (Å²) in [6.45, 7) is 4.82. The summed E-state index contributed by atoms with van der Waals surface area (Å²) in [6.07, 6.45) is 1.67. The van der Waals surface area contributed by atoms with Gasteiger partial charge in [-0.3, -0.25) is 9.59 Å². The SMILES string of the molecule is CC(=O)N1CCCC(C(=O)Nc2ccc(Oc3ccc(C)cc3)cc2)C1. The fraction of sp³-hybridized carbons (Fsp3) is 0.333. The zero-order valence-corrected chi connectivity index (χ0v) is 15.2. The van der Waals surface area contributed by atoms with Gasteiger partial charge in [0.25, 0.3) is 0 Å². The molecular formula is C21H24N2O3. The van der Waals surface area contributed by atoms with Gasteiger partial charge in [0.15, 0.2) is 0 Å². The standard InChI is InChI=1S/C21H24N2O3/c1-15-5-9-19(10-6-15)26-20-11-7-18(8-12-20)22-21(25)17-4-3-13-23(14-17)16(2)24/h5-12,17H,3-4,13-14H2,1-2H3,(H,22,25). The van der Waals surface area contributed by atoms with Crippen molar-refractivity contribution in [2.24, 2.45) is 5.92 Å². The highest BCUT2D eigenvalue weighted by atomic mass is 16.5. The molecule has 1 unspecified atom stereocenters. The van der Waals surface area contributed by atoms with Crippen LogP contribution >= 0.6 is 0 Å². The predicted octanol–water partition coefficient (Wildman–Crippen LogP) is 3.98. The molecule has 2 aromatic carbocycles. The summed E-state index contributed by atoms with van der Waals surface area (Å²) in [7, 11) is 0. The van der Waals surface area contributed by atoms with Crippen LogP contribution in [0.2, 0.25) is 0 Å². The molecule has 0 aliphatic carbocycles. The second-order valence-corrected chi connectivity index (χ2v) is 6.73. The smallest absolute Gasteiger partial charge is 0.229 e. The van der Waals surface area contributed by atoms with Gasteiger partial charge in [-0.25, -0.2) is 0 Å². The molecule has 3 rings (SSSR count). The number of nitrogens with zero attached hydrogens (tertiary/aromatic N) is 1. The molecule has 1 fully saturated rings. The normalized spacial score (nSPS) is 16.8. The number of hydrogen-bond acceptors (Lipinski definition) is 3. The van der Waals surface area contributed by atoms with Crippen molar-refractivity contribution in [2.75, 3.05) is 18.4 Å². The number of rotatable bonds is 4. The lowest BCUT2D eigenvalue weighted by molar-refractivity contribution is -0.132. The highest BCUT2D eigenvalue weighted by Crippen LogP contribution is 2.24. The van der Waals surface area contributed by atoms with E-state index in [0.717, 1.165) is 30.8 Å². The predicted molar refractivity (Wildman–Crippen MR) is 101 cm³/mol. The number of ether oxygens (including phenoxy) is 1. The maximum absolute atomic E-state index is 12.5. The Bertz CT molecular complexity index is 769. The van der Waals surface area contributed by atoms with Crippen LogP contribution in [0.25, 0.3) is 0 Å². The van der Waals surface area contributed by atoms with E-state index >= 15 is 0 Å². The first-order chi connectivity index (χ1) is 12.5. The van der Waals surface area contributed by atoms with Crippen LogP contribution in [0.15, 0.2) is 48.5 Å². The zero-order valence-electron chi connectivity index (χ0n) is 15.2. The fourth-order valence-corrected chi connectivity index (χ4v) is 3.07. The Kier molecular flexibility index (Phi) is 5.56. The lowest BCUT2D eigenvalue weighted by atomic mass is 9.97. The molecular weight excluding hydrogens is 328 g/mol. The third kappa shape index (κ3) is 4.63. The van der Waals surface area contributed by atoms with Crippen LogP contribution < -0.4 is 10.1 Å². The van der Waals surface area contributed by atoms with Crippen LogP contribution in [0.1, 0.15) is 25.3 Å². The molecule has 26 heavy (non-hydrogen) atoms. The van der Waals surface area contributed by atoms with Crippen molar-refractivity contribution >= 4 is 17.5 Å². The first-order valence-electron chi connectivity index (χ1n) is 8.92. The minimum atomic E-state index is -0.156. The molecule has 136 valence electrons. The van der Waals surface area contributed by atoms with Gasteiger partial charge in [-0.15, -0.1) is 0 Å². The number of likely N-dealkylation sites (tertiary alicyclic amines) is 1. The quantitative estimate of drug-likeness (QED) is 0.905. The van der Waals surface area contributed by atoms with Crippen molar-refractivity contribution in [1.82, 2.24) is 4.90 Å². The van der Waals surface area contributed by atoms with E-state index in [0.29, 0.717) is 12.3 Å². The Balaban J connectivity index is 1.57. The first kappa shape index (κ1) is 18.0. The van der Waals surface area contributed by atoms with Gasteiger partial charge in [0.2, 0.25) is 11.8 Å². The van der Waals surface area contributed by atoms with E-state index in [1.54, 1.807) is 11.8 Å². The van der Waals surface area contributed by atoms with Crippen molar-refractivity contribution in [3.63, 3.8) is 0 Å². The van der Waals surface area contributed by atoms with Gasteiger partial charge in [-0.2, -0.15) is 0 Å². The first-order valence-corrected chi connectivity index (χ1v) is 8.92. The van der Waals surface area contributed by atoms with Gasteiger partial charge in [-0.05, 0) is 56.2 Å². The van der Waals surface area contributed by atoms with E-state index in [1.165, 1.54) is 5.56 Å². The number of aryl methyl sites for hydroxylation is 1. The molecule has 0 saturated carbocycles. The van der Waals surface area contributed by atoms with Crippen LogP contribution in [-0.4, -0.2) is 29.8 Å². The Morgan fingerprint density at radius 3 is 2.27 bits per heavy atom. The molecule has 0 spiro atoms. The number of piperidine rings is 1. The number of carbonyl (C=O) groups is 2. The van der Waals surface area contributed by atoms with E-state index in [-0.39, 0.29) is 17.7 Å². The van der Waals surface area contributed by atoms with Crippen LogP contribution in [0, 0.1) is 12.8 Å². The number of hydrogen-bond donors (Lipinski definition) is 1. The minimum Gasteiger partial charge on any atom is -0.457 e. The molecule has 2 aromatic rings. The molecule has 0 aromatic heterocycles. The Hall–Kier alpha value is -2.82. The van der Waals surface area contributed by atoms with E-state index in [4.69, 9.17) is 4.74 Å². The van der Waals surface area contributed by atoms with Gasteiger partial charge in [0.1, 0.15) is 11.5 Å². The van der Waals surface area contributed by atoms with Crippen LogP contribution in [0.4, 0.5) is 5.69 Å². The average Bonchev–Trinajstić information content (AvgIpc) is 2.65. The van der Waals surface area contributed by atoms with Gasteiger partial charge in [-0.1, -0.05) is 17.7 Å². The Labute approximate surface area is 154 Å². The third-order valence-electron chi connectivity index (χ3n) is 4.62. The molecule has 0 radical (unpaired) electrons. The lowest BCUT2D eigenvalue weighted by Gasteiger charge is -2.31. The van der Waals surface area contributed by atoms with E-state index in [1.807, 2.05) is 55.5 Å². The molecule has 1 heterocycles. The monoisotopic (exact) mass is 352 g/mol. The fourth-order valence-electron chi connectivity index (χ4n) is 3.07. The van der Waals surface area contributed by atoms with Gasteiger partial charge in [0, 0.05) is 25.7 Å². The summed E-state index contributed by atoms with van der Waals surface area (Å²) in [5.41, 5.74) is 1.91. The van der Waals surface area contributed by atoms with Gasteiger partial charge < -0.3 is 15.0 Å². The number of carbonyl (C=O) groups excluding carboxylic acids is 2. The van der Waals surface area contributed by atoms with Crippen LogP contribution in [0.5, 0.6) is 11.5 Å². The molecule has 2 amide bonds. The Morgan fingerprint density at radius 2 is 1.65 bits per heavy atom. The molecule has 1 atom stereocenters. The molecule has 1 aliphatic rings. The summed E-state index contributed by atoms with van der Waals surface area (Å²) in [6, 6.07) is 15.2. The molecule has 1 N–H and O–H groups in total. The van der Waals surface area contributed by atoms with Crippen LogP contribution in [0.3, 0.4) is 0 Å². The van der Waals surface area contributed by atoms with Crippen molar-refractivity contribution in [1.29, 1.82) is 0 Å². The van der Waals surface area contributed by atoms with Crippen molar-refractivity contribution in [3.05, 3.63) is 54.1 Å². The number of amides is 2. The topological polar surface area (TPSA) is 58.6 Å².